The largest absolute Gasteiger partial charge is 0.380 e. The summed E-state index contributed by atoms with van der Waals surface area (Å²) in [6, 6.07) is 22.8. The van der Waals surface area contributed by atoms with E-state index in [1.165, 1.54) is 4.31 Å². The van der Waals surface area contributed by atoms with Gasteiger partial charge in [0.2, 0.25) is 15.9 Å². The lowest BCUT2D eigenvalue weighted by atomic mass is 9.82. The number of methoxy groups -OCH3 is 1. The highest BCUT2D eigenvalue weighted by Gasteiger charge is 2.28. The van der Waals surface area contributed by atoms with E-state index in [0.29, 0.717) is 38.0 Å². The van der Waals surface area contributed by atoms with Crippen LogP contribution in [0.4, 0.5) is 0 Å². The summed E-state index contributed by atoms with van der Waals surface area (Å²) in [7, 11) is -2.29. The van der Waals surface area contributed by atoms with Gasteiger partial charge >= 0.3 is 0 Å². The molecule has 1 aliphatic rings. The van der Waals surface area contributed by atoms with Crippen molar-refractivity contribution in [2.24, 2.45) is 17.6 Å². The fourth-order valence-corrected chi connectivity index (χ4v) is 7.02. The van der Waals surface area contributed by atoms with E-state index in [-0.39, 0.29) is 23.9 Å². The molecule has 1 saturated carbocycles. The Hall–Kier alpha value is -3.04. The predicted molar refractivity (Wildman–Crippen MR) is 164 cm³/mol. The Bertz CT molecular complexity index is 1380. The Labute approximate surface area is 245 Å². The number of carbonyl (C=O) groups excluding carboxylic acids is 1. The quantitative estimate of drug-likeness (QED) is 0.300. The molecule has 0 unspecified atom stereocenters. The molecule has 0 atom stereocenters. The monoisotopic (exact) mass is 577 g/mol. The summed E-state index contributed by atoms with van der Waals surface area (Å²) in [5, 5.41) is 3.01. The fraction of sp³-hybridized carbons (Fsp3) is 0.424. The molecule has 7 nitrogen and oxygen atoms in total. The lowest BCUT2D eigenvalue weighted by Crippen LogP contribution is -2.43. The SMILES string of the molecule is COCc1ccccc1CCN(CC(=O)NCC1CCC(CN)CC1)S(=O)(=O)c1ccc(-c2ccccc2C)cc1. The normalized spacial score (nSPS) is 17.5. The lowest BCUT2D eigenvalue weighted by Gasteiger charge is -2.28. The van der Waals surface area contributed by atoms with Crippen LogP contribution in [0.15, 0.2) is 77.7 Å². The van der Waals surface area contributed by atoms with Crippen LogP contribution < -0.4 is 11.1 Å². The second kappa shape index (κ2) is 14.7. The van der Waals surface area contributed by atoms with Crippen LogP contribution in [0.5, 0.6) is 0 Å². The van der Waals surface area contributed by atoms with Crippen LogP contribution in [-0.4, -0.2) is 51.9 Å². The van der Waals surface area contributed by atoms with E-state index in [2.05, 4.69) is 5.32 Å². The summed E-state index contributed by atoms with van der Waals surface area (Å²) in [6.07, 6.45) is 4.70. The number of ether oxygens (including phenoxy) is 1. The molecule has 1 aliphatic carbocycles. The number of nitrogens with one attached hydrogen (secondary N) is 1. The summed E-state index contributed by atoms with van der Waals surface area (Å²) >= 11 is 0. The minimum atomic E-state index is -3.93. The number of carbonyl (C=O) groups is 1. The Morgan fingerprint density at radius 2 is 1.56 bits per heavy atom. The van der Waals surface area contributed by atoms with E-state index >= 15 is 0 Å². The van der Waals surface area contributed by atoms with Crippen molar-refractivity contribution in [3.63, 3.8) is 0 Å². The maximum absolute atomic E-state index is 13.9. The molecule has 0 aromatic heterocycles. The Balaban J connectivity index is 1.50. The molecule has 0 bridgehead atoms. The summed E-state index contributed by atoms with van der Waals surface area (Å²) in [5.74, 6) is 0.693. The van der Waals surface area contributed by atoms with Gasteiger partial charge in [-0.15, -0.1) is 0 Å². The topological polar surface area (TPSA) is 102 Å². The van der Waals surface area contributed by atoms with Crippen LogP contribution in [0.2, 0.25) is 0 Å². The molecule has 3 aromatic rings. The maximum atomic E-state index is 13.9. The number of amides is 1. The van der Waals surface area contributed by atoms with Crippen molar-refractivity contribution >= 4 is 15.9 Å². The minimum absolute atomic E-state index is 0.174. The van der Waals surface area contributed by atoms with Crippen molar-refractivity contribution in [1.82, 2.24) is 9.62 Å². The van der Waals surface area contributed by atoms with Gasteiger partial charge in [-0.1, -0.05) is 60.7 Å². The third kappa shape index (κ3) is 8.26. The number of hydrogen-bond donors (Lipinski definition) is 2. The van der Waals surface area contributed by atoms with Gasteiger partial charge in [-0.25, -0.2) is 8.42 Å². The van der Waals surface area contributed by atoms with Crippen molar-refractivity contribution in [1.29, 1.82) is 0 Å². The molecular formula is C33H43N3O4S. The summed E-state index contributed by atoms with van der Waals surface area (Å²) < 4.78 is 34.4. The molecule has 4 rings (SSSR count). The van der Waals surface area contributed by atoms with Crippen molar-refractivity contribution < 1.29 is 17.9 Å². The maximum Gasteiger partial charge on any atom is 0.243 e. The van der Waals surface area contributed by atoms with Crippen molar-refractivity contribution in [3.05, 3.63) is 89.5 Å². The highest BCUT2D eigenvalue weighted by atomic mass is 32.2. The van der Waals surface area contributed by atoms with Gasteiger partial charge in [-0.2, -0.15) is 4.31 Å². The predicted octanol–water partition coefficient (Wildman–Crippen LogP) is 4.92. The Morgan fingerprint density at radius 3 is 2.22 bits per heavy atom. The number of nitrogens with zero attached hydrogens (tertiary/aromatic N) is 1. The van der Waals surface area contributed by atoms with Crippen LogP contribution in [0.1, 0.15) is 42.4 Å². The van der Waals surface area contributed by atoms with Crippen molar-refractivity contribution in [2.75, 3.05) is 33.3 Å². The van der Waals surface area contributed by atoms with E-state index < -0.39 is 10.0 Å². The first-order valence-corrected chi connectivity index (χ1v) is 15.9. The van der Waals surface area contributed by atoms with E-state index in [0.717, 1.165) is 53.5 Å². The molecule has 41 heavy (non-hydrogen) atoms. The van der Waals surface area contributed by atoms with Crippen molar-refractivity contribution in [2.45, 2.75) is 50.5 Å². The van der Waals surface area contributed by atoms with Gasteiger partial charge in [0.05, 0.1) is 18.0 Å². The van der Waals surface area contributed by atoms with Crippen molar-refractivity contribution in [3.8, 4) is 11.1 Å². The molecule has 0 heterocycles. The van der Waals surface area contributed by atoms with Crippen LogP contribution >= 0.6 is 0 Å². The smallest absolute Gasteiger partial charge is 0.243 e. The average molecular weight is 578 g/mol. The van der Waals surface area contributed by atoms with Gasteiger partial charge in [0, 0.05) is 20.2 Å². The van der Waals surface area contributed by atoms with E-state index in [1.807, 2.05) is 67.6 Å². The first-order chi connectivity index (χ1) is 19.8. The van der Waals surface area contributed by atoms with Gasteiger partial charge < -0.3 is 15.8 Å². The van der Waals surface area contributed by atoms with E-state index in [9.17, 15) is 13.2 Å². The third-order valence-corrected chi connectivity index (χ3v) is 10.1. The Kier molecular flexibility index (Phi) is 11.1. The average Bonchev–Trinajstić information content (AvgIpc) is 2.99. The lowest BCUT2D eigenvalue weighted by molar-refractivity contribution is -0.121. The number of nitrogens with two attached hydrogens (primary N) is 1. The number of sulfonamides is 1. The van der Waals surface area contributed by atoms with Crippen LogP contribution in [0.3, 0.4) is 0 Å². The number of benzene rings is 3. The second-order valence-electron chi connectivity index (χ2n) is 11.1. The van der Waals surface area contributed by atoms with Gasteiger partial charge in [0.15, 0.2) is 0 Å². The first kappa shape index (κ1) is 30.9. The molecule has 0 radical (unpaired) electrons. The molecule has 0 spiro atoms. The molecule has 0 saturated heterocycles. The zero-order valence-electron chi connectivity index (χ0n) is 24.2. The van der Waals surface area contributed by atoms with Gasteiger partial charge in [-0.05, 0) is 97.4 Å². The number of aryl methyl sites for hydroxylation is 1. The fourth-order valence-electron chi connectivity index (χ4n) is 5.62. The third-order valence-electron chi connectivity index (χ3n) is 8.20. The molecule has 1 fully saturated rings. The van der Waals surface area contributed by atoms with Gasteiger partial charge in [0.1, 0.15) is 0 Å². The molecular weight excluding hydrogens is 534 g/mol. The standard InChI is InChI=1S/C33H43N3O4S/c1-25-7-3-6-10-32(25)29-15-17-31(18-16-29)41(38,39)36(20-19-28-8-4-5-9-30(28)24-40-2)23-33(37)35-22-27-13-11-26(21-34)12-14-27/h3-10,15-18,26-27H,11-14,19-24,34H2,1-2H3,(H,35,37). The summed E-state index contributed by atoms with van der Waals surface area (Å²) in [4.78, 5) is 13.3. The zero-order valence-corrected chi connectivity index (χ0v) is 25.0. The first-order valence-electron chi connectivity index (χ1n) is 14.5. The number of rotatable bonds is 13. The molecule has 3 aromatic carbocycles. The summed E-state index contributed by atoms with van der Waals surface area (Å²) in [5.41, 5.74) is 10.9. The van der Waals surface area contributed by atoms with E-state index in [1.54, 1.807) is 19.2 Å². The Morgan fingerprint density at radius 1 is 0.927 bits per heavy atom. The van der Waals surface area contributed by atoms with Gasteiger partial charge in [0.25, 0.3) is 0 Å². The number of hydrogen-bond acceptors (Lipinski definition) is 5. The highest BCUT2D eigenvalue weighted by molar-refractivity contribution is 7.89. The molecule has 8 heteroatoms. The van der Waals surface area contributed by atoms with Crippen LogP contribution in [0, 0.1) is 18.8 Å². The zero-order chi connectivity index (χ0) is 29.2. The summed E-state index contributed by atoms with van der Waals surface area (Å²) in [6.45, 7) is 3.70. The highest BCUT2D eigenvalue weighted by Crippen LogP contribution is 2.28. The minimum Gasteiger partial charge on any atom is -0.380 e. The molecule has 220 valence electrons. The molecule has 3 N–H and O–H groups in total. The molecule has 0 aliphatic heterocycles. The second-order valence-corrected chi connectivity index (χ2v) is 13.0. The van der Waals surface area contributed by atoms with Crippen LogP contribution in [0.25, 0.3) is 11.1 Å². The van der Waals surface area contributed by atoms with E-state index in [4.69, 9.17) is 10.5 Å². The molecule has 1 amide bonds. The van der Waals surface area contributed by atoms with Gasteiger partial charge in [-0.3, -0.25) is 4.79 Å². The van der Waals surface area contributed by atoms with Crippen LogP contribution in [-0.2, 0) is 32.6 Å².